The molecule has 3 rings (SSSR count). The zero-order valence-corrected chi connectivity index (χ0v) is 17.3. The Hall–Kier alpha value is -3.45. The van der Waals surface area contributed by atoms with Gasteiger partial charge < -0.3 is 29.9 Å². The molecule has 2 aromatic rings. The number of aromatic carboxylic acids is 1. The molecule has 1 aromatic heterocycles. The smallest absolute Gasteiger partial charge is 0.451 e. The first-order valence-electron chi connectivity index (χ1n) is 9.91. The van der Waals surface area contributed by atoms with Gasteiger partial charge in [0.15, 0.2) is 0 Å². The fourth-order valence-electron chi connectivity index (χ4n) is 3.29. The number of benzene rings is 1. The summed E-state index contributed by atoms with van der Waals surface area (Å²) in [6, 6.07) is 2.86. The SMILES string of the molecule is CC(=O)Cc1cn(CC(=O)N2CC(Oc3ccc(CCB(O)O)c(O)c3C(=O)O)C2)nn1. The van der Waals surface area contributed by atoms with Gasteiger partial charge in [-0.2, -0.15) is 0 Å². The molecule has 0 radical (unpaired) electrons. The number of carboxylic acids is 1. The largest absolute Gasteiger partial charge is 0.507 e. The first kappa shape index (κ1) is 23.2. The zero-order valence-electron chi connectivity index (χ0n) is 17.3. The summed E-state index contributed by atoms with van der Waals surface area (Å²) >= 11 is 0. The maximum absolute atomic E-state index is 12.4. The zero-order chi connectivity index (χ0) is 23.4. The van der Waals surface area contributed by atoms with E-state index in [0.29, 0.717) is 5.69 Å². The van der Waals surface area contributed by atoms with Crippen LogP contribution in [0.15, 0.2) is 18.3 Å². The van der Waals surface area contributed by atoms with E-state index in [4.69, 9.17) is 14.8 Å². The average Bonchev–Trinajstić information content (AvgIpc) is 3.08. The number of ketones is 1. The van der Waals surface area contributed by atoms with Crippen LogP contribution in [0.3, 0.4) is 0 Å². The van der Waals surface area contributed by atoms with Crippen molar-refractivity contribution in [3.8, 4) is 11.5 Å². The molecule has 1 amide bonds. The van der Waals surface area contributed by atoms with Gasteiger partial charge in [0.25, 0.3) is 0 Å². The second-order valence-electron chi connectivity index (χ2n) is 7.60. The third-order valence-electron chi connectivity index (χ3n) is 4.92. The monoisotopic (exact) mass is 446 g/mol. The molecule has 13 heteroatoms. The Kier molecular flexibility index (Phi) is 7.10. The average molecular weight is 446 g/mol. The first-order valence-corrected chi connectivity index (χ1v) is 9.91. The molecule has 0 atom stereocenters. The van der Waals surface area contributed by atoms with Crippen molar-refractivity contribution in [2.75, 3.05) is 13.1 Å². The van der Waals surface area contributed by atoms with Crippen molar-refractivity contribution < 1.29 is 39.4 Å². The minimum atomic E-state index is -1.57. The molecule has 2 heterocycles. The maximum atomic E-state index is 12.4. The Labute approximate surface area is 183 Å². The standard InChI is InChI=1S/C19H23BN4O8/c1-11(25)6-13-7-24(22-21-13)10-16(26)23-8-14(9-23)32-15-3-2-12(4-5-20(30)31)18(27)17(15)19(28)29/h2-3,7,14,27,30-31H,4-6,8-10H2,1H3,(H,28,29). The molecule has 1 aromatic carbocycles. The number of Topliss-reactive ketones (excluding diaryl/α,β-unsaturated/α-hetero) is 1. The van der Waals surface area contributed by atoms with Crippen molar-refractivity contribution in [2.24, 2.45) is 0 Å². The lowest BCUT2D eigenvalue weighted by Crippen LogP contribution is -2.57. The number of aromatic hydroxyl groups is 1. The lowest BCUT2D eigenvalue weighted by molar-refractivity contribution is -0.140. The molecule has 0 unspecified atom stereocenters. The molecule has 1 aliphatic rings. The number of phenols is 1. The van der Waals surface area contributed by atoms with Crippen LogP contribution < -0.4 is 4.74 Å². The van der Waals surface area contributed by atoms with Crippen LogP contribution in [0.5, 0.6) is 11.5 Å². The van der Waals surface area contributed by atoms with E-state index in [1.54, 1.807) is 0 Å². The maximum Gasteiger partial charge on any atom is 0.451 e. The molecule has 0 bridgehead atoms. The molecule has 170 valence electrons. The number of aromatic nitrogens is 3. The van der Waals surface area contributed by atoms with Crippen LogP contribution >= 0.6 is 0 Å². The number of amides is 1. The number of hydrogen-bond acceptors (Lipinski definition) is 9. The number of rotatable bonds is 10. The fraction of sp³-hybridized carbons (Fsp3) is 0.421. The van der Waals surface area contributed by atoms with Crippen molar-refractivity contribution in [1.82, 2.24) is 19.9 Å². The van der Waals surface area contributed by atoms with Crippen molar-refractivity contribution >= 4 is 24.8 Å². The number of nitrogens with zero attached hydrogens (tertiary/aromatic N) is 4. The molecule has 1 aliphatic heterocycles. The number of hydrogen-bond donors (Lipinski definition) is 4. The minimum Gasteiger partial charge on any atom is -0.507 e. The number of ether oxygens (including phenoxy) is 1. The number of carboxylic acid groups (broad SMARTS) is 1. The molecule has 1 saturated heterocycles. The van der Waals surface area contributed by atoms with E-state index in [1.807, 2.05) is 0 Å². The third kappa shape index (κ3) is 5.62. The van der Waals surface area contributed by atoms with Crippen molar-refractivity contribution in [3.05, 3.63) is 35.2 Å². The van der Waals surface area contributed by atoms with E-state index in [1.165, 1.54) is 34.8 Å². The summed E-state index contributed by atoms with van der Waals surface area (Å²) in [6.07, 6.45) is 1.24. The summed E-state index contributed by atoms with van der Waals surface area (Å²) in [7, 11) is -1.57. The summed E-state index contributed by atoms with van der Waals surface area (Å²) in [5.74, 6) is -2.20. The molecule has 1 fully saturated rings. The van der Waals surface area contributed by atoms with Gasteiger partial charge in [0.2, 0.25) is 5.91 Å². The second-order valence-corrected chi connectivity index (χ2v) is 7.60. The lowest BCUT2D eigenvalue weighted by atomic mass is 9.82. The highest BCUT2D eigenvalue weighted by Gasteiger charge is 2.34. The third-order valence-corrected chi connectivity index (χ3v) is 4.92. The Bertz CT molecular complexity index is 1020. The van der Waals surface area contributed by atoms with E-state index in [-0.39, 0.29) is 61.8 Å². The number of aryl methyl sites for hydroxylation is 1. The van der Waals surface area contributed by atoms with Gasteiger partial charge in [0.05, 0.1) is 25.2 Å². The van der Waals surface area contributed by atoms with Gasteiger partial charge in [-0.05, 0) is 31.3 Å². The van der Waals surface area contributed by atoms with Crippen molar-refractivity contribution in [3.63, 3.8) is 0 Å². The van der Waals surface area contributed by atoms with E-state index < -0.39 is 30.5 Å². The summed E-state index contributed by atoms with van der Waals surface area (Å²) < 4.78 is 7.02. The van der Waals surface area contributed by atoms with Crippen LogP contribution in [0.25, 0.3) is 0 Å². The number of likely N-dealkylation sites (tertiary alicyclic amines) is 1. The van der Waals surface area contributed by atoms with Crippen LogP contribution in [0.2, 0.25) is 6.32 Å². The summed E-state index contributed by atoms with van der Waals surface area (Å²) in [4.78, 5) is 36.6. The van der Waals surface area contributed by atoms with Crippen LogP contribution in [-0.2, 0) is 29.0 Å². The normalized spacial score (nSPS) is 13.5. The van der Waals surface area contributed by atoms with Gasteiger partial charge in [0, 0.05) is 6.20 Å². The lowest BCUT2D eigenvalue weighted by Gasteiger charge is -2.39. The van der Waals surface area contributed by atoms with Crippen LogP contribution in [0.1, 0.15) is 28.5 Å². The molecule has 4 N–H and O–H groups in total. The Morgan fingerprint density at radius 2 is 1.97 bits per heavy atom. The Morgan fingerprint density at radius 1 is 1.25 bits per heavy atom. The number of carbonyl (C=O) groups is 3. The van der Waals surface area contributed by atoms with E-state index in [2.05, 4.69) is 10.3 Å². The highest BCUT2D eigenvalue weighted by molar-refractivity contribution is 6.41. The molecular formula is C19H23BN4O8. The topological polar surface area (TPSA) is 175 Å². The highest BCUT2D eigenvalue weighted by Crippen LogP contribution is 2.34. The Morgan fingerprint density at radius 3 is 2.59 bits per heavy atom. The summed E-state index contributed by atoms with van der Waals surface area (Å²) in [5.41, 5.74) is 0.318. The van der Waals surface area contributed by atoms with E-state index in [9.17, 15) is 24.6 Å². The summed E-state index contributed by atoms with van der Waals surface area (Å²) in [5, 5.41) is 45.4. The summed E-state index contributed by atoms with van der Waals surface area (Å²) in [6.45, 7) is 1.84. The van der Waals surface area contributed by atoms with Gasteiger partial charge in [-0.3, -0.25) is 9.59 Å². The van der Waals surface area contributed by atoms with Gasteiger partial charge in [-0.1, -0.05) is 11.3 Å². The molecular weight excluding hydrogens is 423 g/mol. The van der Waals surface area contributed by atoms with Crippen molar-refractivity contribution in [1.29, 1.82) is 0 Å². The molecule has 12 nitrogen and oxygen atoms in total. The van der Waals surface area contributed by atoms with Crippen LogP contribution in [0, 0.1) is 0 Å². The van der Waals surface area contributed by atoms with Gasteiger partial charge in [0.1, 0.15) is 35.5 Å². The Balaban J connectivity index is 1.57. The predicted molar refractivity (Wildman–Crippen MR) is 109 cm³/mol. The molecule has 0 saturated carbocycles. The van der Waals surface area contributed by atoms with Gasteiger partial charge in [-0.15, -0.1) is 5.10 Å². The van der Waals surface area contributed by atoms with Crippen LogP contribution in [0.4, 0.5) is 0 Å². The van der Waals surface area contributed by atoms with E-state index >= 15 is 0 Å². The highest BCUT2D eigenvalue weighted by atomic mass is 16.5. The van der Waals surface area contributed by atoms with Gasteiger partial charge >= 0.3 is 13.1 Å². The molecule has 0 spiro atoms. The fourth-order valence-corrected chi connectivity index (χ4v) is 3.29. The molecule has 0 aliphatic carbocycles. The number of carbonyl (C=O) groups excluding carboxylic acids is 2. The van der Waals surface area contributed by atoms with Crippen LogP contribution in [-0.4, -0.2) is 84.1 Å². The minimum absolute atomic E-state index is 0.0365. The van der Waals surface area contributed by atoms with E-state index in [0.717, 1.165) is 0 Å². The first-order chi connectivity index (χ1) is 15.1. The predicted octanol–water partition coefficient (Wildman–Crippen LogP) is -0.881. The second kappa shape index (κ2) is 9.79. The van der Waals surface area contributed by atoms with Crippen molar-refractivity contribution in [2.45, 2.75) is 38.7 Å². The molecule has 32 heavy (non-hydrogen) atoms. The van der Waals surface area contributed by atoms with Gasteiger partial charge in [-0.25, -0.2) is 9.48 Å². The quantitative estimate of drug-likeness (QED) is 0.335.